The minimum absolute atomic E-state index is 0.00643. The number of benzene rings is 1. The standard InChI is InChI=1S/C26H37N3O3.3C2H6/c1-7-9-20(10-8-2)27-26(32)28-23-13-19(21-14-22(21)25(30)31)11-12-24(23)29(15-17(3)4)16-18(5)6;3*1-2/h7-13,17-18,21-22H,1,14-16H2,2-6H3,(H,30,31)(H2,27,28,32);3*1-2H3/b10-8-,20-9+;;;. The molecule has 0 saturated heterocycles. The first-order valence-electron chi connectivity index (χ1n) is 14.3. The van der Waals surface area contributed by atoms with Crippen LogP contribution in [0, 0.1) is 17.8 Å². The first-order chi connectivity index (χ1) is 18.2. The molecule has 2 amide bonds. The average molecular weight is 530 g/mol. The average Bonchev–Trinajstić information content (AvgIpc) is 3.69. The van der Waals surface area contributed by atoms with Gasteiger partial charge in [0.15, 0.2) is 0 Å². The van der Waals surface area contributed by atoms with Gasteiger partial charge in [-0.05, 0) is 60.9 Å². The van der Waals surface area contributed by atoms with E-state index in [0.29, 0.717) is 29.6 Å². The van der Waals surface area contributed by atoms with E-state index in [4.69, 9.17) is 0 Å². The number of amides is 2. The number of urea groups is 1. The van der Waals surface area contributed by atoms with Crippen molar-refractivity contribution in [1.82, 2.24) is 5.32 Å². The summed E-state index contributed by atoms with van der Waals surface area (Å²) in [7, 11) is 0. The maximum Gasteiger partial charge on any atom is 0.323 e. The Morgan fingerprint density at radius 3 is 2.03 bits per heavy atom. The highest BCUT2D eigenvalue weighted by Crippen LogP contribution is 2.49. The van der Waals surface area contributed by atoms with Gasteiger partial charge in [-0.15, -0.1) is 0 Å². The molecule has 1 aliphatic rings. The molecule has 1 aromatic rings. The number of carbonyl (C=O) groups excluding carboxylic acids is 1. The van der Waals surface area contributed by atoms with E-state index in [2.05, 4.69) is 49.8 Å². The van der Waals surface area contributed by atoms with E-state index in [1.54, 1.807) is 18.2 Å². The number of hydrogen-bond donors (Lipinski definition) is 3. The van der Waals surface area contributed by atoms with Crippen molar-refractivity contribution in [1.29, 1.82) is 0 Å². The van der Waals surface area contributed by atoms with Crippen LogP contribution in [-0.4, -0.2) is 30.2 Å². The fourth-order valence-corrected chi connectivity index (χ4v) is 3.88. The summed E-state index contributed by atoms with van der Waals surface area (Å²) in [5.41, 5.74) is 3.21. The predicted molar refractivity (Wildman–Crippen MR) is 166 cm³/mol. The Kier molecular flexibility index (Phi) is 20.5. The largest absolute Gasteiger partial charge is 0.481 e. The lowest BCUT2D eigenvalue weighted by atomic mass is 10.0. The molecular weight excluding hydrogens is 474 g/mol. The Balaban J connectivity index is 0. The van der Waals surface area contributed by atoms with Gasteiger partial charge in [0, 0.05) is 18.8 Å². The molecule has 1 fully saturated rings. The highest BCUT2D eigenvalue weighted by molar-refractivity contribution is 5.94. The number of allylic oxidation sites excluding steroid dienone is 4. The number of carboxylic acid groups (broad SMARTS) is 1. The Bertz CT molecular complexity index is 878. The monoisotopic (exact) mass is 529 g/mol. The lowest BCUT2D eigenvalue weighted by Gasteiger charge is -2.31. The summed E-state index contributed by atoms with van der Waals surface area (Å²) in [5, 5.41) is 15.2. The molecule has 1 saturated carbocycles. The Labute approximate surface area is 233 Å². The first kappa shape index (κ1) is 37.1. The van der Waals surface area contributed by atoms with Crippen molar-refractivity contribution in [3.8, 4) is 0 Å². The topological polar surface area (TPSA) is 81.7 Å². The summed E-state index contributed by atoms with van der Waals surface area (Å²) in [6, 6.07) is 5.60. The molecule has 6 nitrogen and oxygen atoms in total. The van der Waals surface area contributed by atoms with Gasteiger partial charge in [-0.25, -0.2) is 4.79 Å². The zero-order valence-electron chi connectivity index (χ0n) is 25.9. The van der Waals surface area contributed by atoms with Gasteiger partial charge in [0.05, 0.1) is 17.3 Å². The molecule has 0 aromatic heterocycles. The summed E-state index contributed by atoms with van der Waals surface area (Å²) in [4.78, 5) is 26.5. The van der Waals surface area contributed by atoms with E-state index in [1.807, 2.05) is 72.7 Å². The van der Waals surface area contributed by atoms with Crippen LogP contribution in [0.2, 0.25) is 0 Å². The number of carboxylic acids is 1. The van der Waals surface area contributed by atoms with Crippen LogP contribution in [-0.2, 0) is 4.79 Å². The molecule has 3 N–H and O–H groups in total. The molecule has 0 bridgehead atoms. The van der Waals surface area contributed by atoms with Crippen molar-refractivity contribution in [3.63, 3.8) is 0 Å². The predicted octanol–water partition coefficient (Wildman–Crippen LogP) is 8.84. The normalized spacial score (nSPS) is 15.8. The van der Waals surface area contributed by atoms with Gasteiger partial charge in [-0.1, -0.05) is 94.0 Å². The molecule has 2 rings (SSSR count). The number of nitrogens with one attached hydrogen (secondary N) is 2. The summed E-state index contributed by atoms with van der Waals surface area (Å²) < 4.78 is 0. The van der Waals surface area contributed by atoms with Gasteiger partial charge in [0.1, 0.15) is 0 Å². The van der Waals surface area contributed by atoms with Crippen molar-refractivity contribution in [2.45, 2.75) is 88.5 Å². The third kappa shape index (κ3) is 13.5. The smallest absolute Gasteiger partial charge is 0.323 e. The van der Waals surface area contributed by atoms with Crippen LogP contribution in [0.25, 0.3) is 0 Å². The zero-order chi connectivity index (χ0) is 29.8. The van der Waals surface area contributed by atoms with Gasteiger partial charge in [-0.2, -0.15) is 0 Å². The molecule has 0 radical (unpaired) electrons. The summed E-state index contributed by atoms with van der Waals surface area (Å²) in [6.45, 7) is 28.0. The van der Waals surface area contributed by atoms with E-state index in [1.165, 1.54) is 0 Å². The Morgan fingerprint density at radius 2 is 1.61 bits per heavy atom. The lowest BCUT2D eigenvalue weighted by Crippen LogP contribution is -2.33. The number of carbonyl (C=O) groups is 2. The summed E-state index contributed by atoms with van der Waals surface area (Å²) in [6.07, 6.45) is 7.61. The fourth-order valence-electron chi connectivity index (χ4n) is 3.88. The van der Waals surface area contributed by atoms with Crippen LogP contribution in [0.3, 0.4) is 0 Å². The van der Waals surface area contributed by atoms with Crippen molar-refractivity contribution < 1.29 is 14.7 Å². The van der Waals surface area contributed by atoms with E-state index in [0.717, 1.165) is 24.3 Å². The highest BCUT2D eigenvalue weighted by atomic mass is 16.4. The molecule has 0 aliphatic heterocycles. The van der Waals surface area contributed by atoms with Crippen LogP contribution in [0.1, 0.15) is 94.1 Å². The van der Waals surface area contributed by atoms with Crippen LogP contribution in [0.5, 0.6) is 0 Å². The highest BCUT2D eigenvalue weighted by Gasteiger charge is 2.44. The van der Waals surface area contributed by atoms with Crippen molar-refractivity contribution in [2.75, 3.05) is 23.3 Å². The zero-order valence-corrected chi connectivity index (χ0v) is 25.9. The fraction of sp³-hybridized carbons (Fsp3) is 0.562. The van der Waals surface area contributed by atoms with Crippen molar-refractivity contribution >= 4 is 23.4 Å². The summed E-state index contributed by atoms with van der Waals surface area (Å²) in [5.74, 6) is -0.216. The molecule has 38 heavy (non-hydrogen) atoms. The Hall–Kier alpha value is -3.02. The first-order valence-corrected chi connectivity index (χ1v) is 14.3. The van der Waals surface area contributed by atoms with E-state index in [9.17, 15) is 14.7 Å². The number of nitrogens with zero attached hydrogens (tertiary/aromatic N) is 1. The number of aliphatic carboxylic acids is 1. The second-order valence-electron chi connectivity index (χ2n) is 9.19. The van der Waals surface area contributed by atoms with Gasteiger partial charge < -0.3 is 20.6 Å². The molecule has 0 heterocycles. The molecule has 6 heteroatoms. The minimum Gasteiger partial charge on any atom is -0.481 e. The van der Waals surface area contributed by atoms with Gasteiger partial charge in [0.2, 0.25) is 0 Å². The van der Waals surface area contributed by atoms with Crippen LogP contribution < -0.4 is 15.5 Å². The number of hydrogen-bond acceptors (Lipinski definition) is 3. The second kappa shape index (κ2) is 21.0. The second-order valence-corrected chi connectivity index (χ2v) is 9.19. The lowest BCUT2D eigenvalue weighted by molar-refractivity contribution is -0.138. The third-order valence-electron chi connectivity index (χ3n) is 5.22. The molecular formula is C32H55N3O3. The van der Waals surface area contributed by atoms with Gasteiger partial charge in [0.25, 0.3) is 0 Å². The quantitative estimate of drug-likeness (QED) is 0.250. The SMILES string of the molecule is C=C/C=C(\C=C/C)NC(=O)Nc1cc(C2CC2C(=O)O)ccc1N(CC(C)C)CC(C)C.CC.CC.CC. The molecule has 1 aromatic carbocycles. The molecule has 2 unspecified atom stereocenters. The Morgan fingerprint density at radius 1 is 1.05 bits per heavy atom. The van der Waals surface area contributed by atoms with Crippen molar-refractivity contribution in [3.05, 3.63) is 60.3 Å². The number of anilines is 2. The van der Waals surface area contributed by atoms with Crippen molar-refractivity contribution in [2.24, 2.45) is 17.8 Å². The molecule has 0 spiro atoms. The van der Waals surface area contributed by atoms with Gasteiger partial charge in [-0.3, -0.25) is 4.79 Å². The van der Waals surface area contributed by atoms with Gasteiger partial charge >= 0.3 is 12.0 Å². The maximum absolute atomic E-state index is 12.8. The number of rotatable bonds is 11. The minimum atomic E-state index is -0.766. The van der Waals surface area contributed by atoms with Crippen LogP contribution in [0.4, 0.5) is 16.2 Å². The summed E-state index contributed by atoms with van der Waals surface area (Å²) >= 11 is 0. The third-order valence-corrected chi connectivity index (χ3v) is 5.22. The molecule has 216 valence electrons. The van der Waals surface area contributed by atoms with Crippen LogP contribution >= 0.6 is 0 Å². The van der Waals surface area contributed by atoms with E-state index >= 15 is 0 Å². The van der Waals surface area contributed by atoms with E-state index in [-0.39, 0.29) is 17.9 Å². The maximum atomic E-state index is 12.8. The molecule has 1 aliphatic carbocycles. The molecule has 2 atom stereocenters. The van der Waals surface area contributed by atoms with E-state index < -0.39 is 5.97 Å². The van der Waals surface area contributed by atoms with Crippen LogP contribution in [0.15, 0.2) is 54.8 Å².